The van der Waals surface area contributed by atoms with Gasteiger partial charge in [-0.25, -0.2) is 0 Å². The number of anilines is 1. The van der Waals surface area contributed by atoms with E-state index in [2.05, 4.69) is 39.6 Å². The van der Waals surface area contributed by atoms with E-state index in [0.717, 1.165) is 11.3 Å². The molecule has 4 rings (SSSR count). The normalized spacial score (nSPS) is 14.8. The number of amides is 2. The van der Waals surface area contributed by atoms with Gasteiger partial charge in [0.1, 0.15) is 6.04 Å². The molecule has 9 nitrogen and oxygen atoms in total. The summed E-state index contributed by atoms with van der Waals surface area (Å²) in [6.07, 6.45) is 0.586. The first-order valence-corrected chi connectivity index (χ1v) is 11.7. The number of aromatic nitrogens is 4. The molecule has 2 heterocycles. The van der Waals surface area contributed by atoms with Gasteiger partial charge < -0.3 is 15.1 Å². The molecule has 0 spiro atoms. The van der Waals surface area contributed by atoms with E-state index in [0.29, 0.717) is 44.1 Å². The number of aryl methyl sites for hydroxylation is 1. The lowest BCUT2D eigenvalue weighted by atomic mass is 10.0. The van der Waals surface area contributed by atoms with Crippen molar-refractivity contribution in [3.63, 3.8) is 0 Å². The molecule has 0 bridgehead atoms. The predicted molar refractivity (Wildman–Crippen MR) is 130 cm³/mol. The van der Waals surface area contributed by atoms with Gasteiger partial charge >= 0.3 is 0 Å². The molecule has 9 heteroatoms. The molecule has 0 aliphatic carbocycles. The van der Waals surface area contributed by atoms with E-state index in [1.54, 1.807) is 10.7 Å². The van der Waals surface area contributed by atoms with Gasteiger partial charge in [-0.05, 0) is 53.5 Å². The van der Waals surface area contributed by atoms with Crippen molar-refractivity contribution in [3.8, 4) is 5.69 Å². The van der Waals surface area contributed by atoms with Crippen LogP contribution >= 0.6 is 0 Å². The van der Waals surface area contributed by atoms with Crippen LogP contribution in [-0.2, 0) is 4.79 Å². The molecule has 0 radical (unpaired) electrons. The first-order chi connectivity index (χ1) is 16.4. The van der Waals surface area contributed by atoms with E-state index < -0.39 is 6.04 Å². The number of para-hydroxylation sites is 1. The van der Waals surface area contributed by atoms with Crippen molar-refractivity contribution in [1.29, 1.82) is 0 Å². The summed E-state index contributed by atoms with van der Waals surface area (Å²) in [5, 5.41) is 15.2. The van der Waals surface area contributed by atoms with Crippen molar-refractivity contribution in [2.24, 2.45) is 5.92 Å². The standard InChI is InChI=1S/C25H31N7O2/c1-18(2)17-22(26-23(33)21-12-8-7-9-19(21)3)24(34)30-13-15-31(16-14-30)25-27-28-29-32(25)20-10-5-4-6-11-20/h4-12,18,22H,13-17H2,1-3H3,(H,26,33). The van der Waals surface area contributed by atoms with Crippen LogP contribution in [0.2, 0.25) is 0 Å². The Morgan fingerprint density at radius 3 is 2.32 bits per heavy atom. The zero-order valence-corrected chi connectivity index (χ0v) is 19.9. The fraction of sp³-hybridized carbons (Fsp3) is 0.400. The topological polar surface area (TPSA) is 96.2 Å². The number of nitrogens with zero attached hydrogens (tertiary/aromatic N) is 6. The quantitative estimate of drug-likeness (QED) is 0.581. The summed E-state index contributed by atoms with van der Waals surface area (Å²) >= 11 is 0. The minimum atomic E-state index is -0.562. The maximum Gasteiger partial charge on any atom is 0.252 e. The van der Waals surface area contributed by atoms with Gasteiger partial charge in [-0.2, -0.15) is 4.68 Å². The second kappa shape index (κ2) is 10.5. The van der Waals surface area contributed by atoms with Crippen LogP contribution in [-0.4, -0.2) is 69.1 Å². The fourth-order valence-corrected chi connectivity index (χ4v) is 4.22. The average Bonchev–Trinajstić information content (AvgIpc) is 3.34. The van der Waals surface area contributed by atoms with Gasteiger partial charge in [0.25, 0.3) is 5.91 Å². The molecule has 1 aliphatic rings. The summed E-state index contributed by atoms with van der Waals surface area (Å²) in [5.74, 6) is 0.670. The van der Waals surface area contributed by atoms with Gasteiger partial charge in [0.15, 0.2) is 0 Å². The van der Waals surface area contributed by atoms with Crippen LogP contribution in [0.1, 0.15) is 36.2 Å². The average molecular weight is 462 g/mol. The number of hydrogen-bond acceptors (Lipinski definition) is 6. The van der Waals surface area contributed by atoms with Crippen molar-refractivity contribution in [3.05, 3.63) is 65.7 Å². The highest BCUT2D eigenvalue weighted by atomic mass is 16.2. The Balaban J connectivity index is 1.42. The van der Waals surface area contributed by atoms with Crippen LogP contribution < -0.4 is 10.2 Å². The highest BCUT2D eigenvalue weighted by molar-refractivity contribution is 5.98. The van der Waals surface area contributed by atoms with E-state index >= 15 is 0 Å². The number of piperazine rings is 1. The Kier molecular flexibility index (Phi) is 7.20. The number of hydrogen-bond donors (Lipinski definition) is 1. The summed E-state index contributed by atoms with van der Waals surface area (Å²) in [5.41, 5.74) is 2.37. The molecule has 2 aromatic carbocycles. The predicted octanol–water partition coefficient (Wildman–Crippen LogP) is 2.46. The number of benzene rings is 2. The van der Waals surface area contributed by atoms with Crippen molar-refractivity contribution >= 4 is 17.8 Å². The molecule has 3 aromatic rings. The summed E-state index contributed by atoms with van der Waals surface area (Å²) in [6, 6.07) is 16.6. The molecule has 2 amide bonds. The lowest BCUT2D eigenvalue weighted by Gasteiger charge is -2.36. The number of tetrazole rings is 1. The summed E-state index contributed by atoms with van der Waals surface area (Å²) < 4.78 is 1.71. The van der Waals surface area contributed by atoms with E-state index in [9.17, 15) is 9.59 Å². The summed E-state index contributed by atoms with van der Waals surface area (Å²) in [6.45, 7) is 8.31. The molecule has 1 fully saturated rings. The van der Waals surface area contributed by atoms with Crippen LogP contribution in [0, 0.1) is 12.8 Å². The lowest BCUT2D eigenvalue weighted by molar-refractivity contribution is -0.134. The van der Waals surface area contributed by atoms with Gasteiger partial charge in [0.2, 0.25) is 11.9 Å². The summed E-state index contributed by atoms with van der Waals surface area (Å²) in [7, 11) is 0. The van der Waals surface area contributed by atoms with Crippen molar-refractivity contribution < 1.29 is 9.59 Å². The van der Waals surface area contributed by atoms with Gasteiger partial charge in [-0.1, -0.05) is 55.3 Å². The maximum absolute atomic E-state index is 13.4. The first-order valence-electron chi connectivity index (χ1n) is 11.7. The van der Waals surface area contributed by atoms with Gasteiger partial charge in [0, 0.05) is 31.7 Å². The van der Waals surface area contributed by atoms with Crippen LogP contribution in [0.25, 0.3) is 5.69 Å². The molecule has 1 aliphatic heterocycles. The zero-order chi connectivity index (χ0) is 24.1. The molecule has 1 N–H and O–H groups in total. The third-order valence-corrected chi connectivity index (χ3v) is 6.03. The van der Waals surface area contributed by atoms with E-state index in [-0.39, 0.29) is 17.7 Å². The highest BCUT2D eigenvalue weighted by Crippen LogP contribution is 2.18. The maximum atomic E-state index is 13.4. The number of rotatable bonds is 7. The Labute approximate surface area is 199 Å². The molecule has 1 aromatic heterocycles. The largest absolute Gasteiger partial charge is 0.340 e. The molecular formula is C25H31N7O2. The molecular weight excluding hydrogens is 430 g/mol. The van der Waals surface area contributed by atoms with Crippen LogP contribution in [0.15, 0.2) is 54.6 Å². The molecule has 1 atom stereocenters. The Morgan fingerprint density at radius 2 is 1.65 bits per heavy atom. The molecule has 1 saturated heterocycles. The monoisotopic (exact) mass is 461 g/mol. The lowest BCUT2D eigenvalue weighted by Crippen LogP contribution is -2.55. The molecule has 178 valence electrons. The Bertz CT molecular complexity index is 1120. The Hall–Kier alpha value is -3.75. The van der Waals surface area contributed by atoms with Crippen molar-refractivity contribution in [2.75, 3.05) is 31.1 Å². The number of carbonyl (C=O) groups is 2. The number of carbonyl (C=O) groups excluding carboxylic acids is 2. The van der Waals surface area contributed by atoms with Crippen molar-refractivity contribution in [2.45, 2.75) is 33.2 Å². The molecule has 34 heavy (non-hydrogen) atoms. The van der Waals surface area contributed by atoms with Gasteiger partial charge in [-0.3, -0.25) is 9.59 Å². The van der Waals surface area contributed by atoms with Crippen LogP contribution in [0.3, 0.4) is 0 Å². The first kappa shape index (κ1) is 23.4. The highest BCUT2D eigenvalue weighted by Gasteiger charge is 2.31. The van der Waals surface area contributed by atoms with Gasteiger partial charge in [-0.15, -0.1) is 0 Å². The van der Waals surface area contributed by atoms with Crippen LogP contribution in [0.5, 0.6) is 0 Å². The third kappa shape index (κ3) is 5.24. The van der Waals surface area contributed by atoms with Crippen LogP contribution in [0.4, 0.5) is 5.95 Å². The second-order valence-electron chi connectivity index (χ2n) is 9.01. The Morgan fingerprint density at radius 1 is 0.971 bits per heavy atom. The van der Waals surface area contributed by atoms with E-state index in [1.807, 2.05) is 60.4 Å². The minimum absolute atomic E-state index is 0.0436. The zero-order valence-electron chi connectivity index (χ0n) is 19.9. The number of nitrogens with one attached hydrogen (secondary N) is 1. The van der Waals surface area contributed by atoms with Gasteiger partial charge in [0.05, 0.1) is 5.69 Å². The molecule has 1 unspecified atom stereocenters. The smallest absolute Gasteiger partial charge is 0.252 e. The second-order valence-corrected chi connectivity index (χ2v) is 9.01. The fourth-order valence-electron chi connectivity index (χ4n) is 4.22. The minimum Gasteiger partial charge on any atom is -0.340 e. The van der Waals surface area contributed by atoms with E-state index in [4.69, 9.17) is 0 Å². The van der Waals surface area contributed by atoms with E-state index in [1.165, 1.54) is 0 Å². The summed E-state index contributed by atoms with van der Waals surface area (Å²) in [4.78, 5) is 30.2. The van der Waals surface area contributed by atoms with Crippen molar-refractivity contribution in [1.82, 2.24) is 30.4 Å². The SMILES string of the molecule is Cc1ccccc1C(=O)NC(CC(C)C)C(=O)N1CCN(c2nnnn2-c2ccccc2)CC1. The molecule has 0 saturated carbocycles. The third-order valence-electron chi connectivity index (χ3n) is 6.03.